The van der Waals surface area contributed by atoms with Crippen LogP contribution in [0.4, 0.5) is 17.1 Å². The van der Waals surface area contributed by atoms with E-state index in [-0.39, 0.29) is 0 Å². The Morgan fingerprint density at radius 2 is 1.02 bits per heavy atom. The number of furan rings is 1. The minimum Gasteiger partial charge on any atom is -0.455 e. The predicted molar refractivity (Wildman–Crippen MR) is 227 cm³/mol. The van der Waals surface area contributed by atoms with E-state index in [1.165, 1.54) is 33.0 Å². The number of anilines is 3. The third-order valence-electron chi connectivity index (χ3n) is 10.5. The molecule has 1 N–H and O–H groups in total. The predicted octanol–water partition coefficient (Wildman–Crippen LogP) is 13.7. The number of dihydropyridines is 1. The van der Waals surface area contributed by atoms with Gasteiger partial charge in [-0.1, -0.05) is 146 Å². The molecular formula is C51H36N2O. The maximum atomic E-state index is 6.81. The molecule has 256 valence electrons. The third-order valence-corrected chi connectivity index (χ3v) is 10.5. The van der Waals surface area contributed by atoms with Crippen LogP contribution in [0.3, 0.4) is 0 Å². The number of hydrogen-bond donors (Lipinski definition) is 1. The lowest BCUT2D eigenvalue weighted by atomic mass is 9.94. The highest BCUT2D eigenvalue weighted by Crippen LogP contribution is 2.44. The number of nitrogens with one attached hydrogen (secondary N) is 1. The molecule has 9 aromatic rings. The molecule has 54 heavy (non-hydrogen) atoms. The highest BCUT2D eigenvalue weighted by Gasteiger charge is 2.21. The second-order valence-corrected chi connectivity index (χ2v) is 13.7. The lowest BCUT2D eigenvalue weighted by Gasteiger charge is -2.26. The molecule has 0 saturated heterocycles. The zero-order valence-corrected chi connectivity index (χ0v) is 29.6. The topological polar surface area (TPSA) is 28.4 Å². The summed E-state index contributed by atoms with van der Waals surface area (Å²) in [5, 5.41) is 8.23. The Kier molecular flexibility index (Phi) is 7.88. The van der Waals surface area contributed by atoms with Gasteiger partial charge in [0.25, 0.3) is 0 Å². The molecule has 1 aromatic heterocycles. The second-order valence-electron chi connectivity index (χ2n) is 13.7. The molecule has 2 heterocycles. The van der Waals surface area contributed by atoms with Gasteiger partial charge in [-0.15, -0.1) is 0 Å². The summed E-state index contributed by atoms with van der Waals surface area (Å²) in [5.41, 5.74) is 14.3. The number of rotatable bonds is 7. The zero-order valence-electron chi connectivity index (χ0n) is 29.6. The summed E-state index contributed by atoms with van der Waals surface area (Å²) in [4.78, 5) is 2.33. The summed E-state index contributed by atoms with van der Waals surface area (Å²) < 4.78 is 6.81. The molecule has 0 atom stereocenters. The quantitative estimate of drug-likeness (QED) is 0.180. The molecule has 1 aliphatic heterocycles. The lowest BCUT2D eigenvalue weighted by molar-refractivity contribution is 0.670. The molecule has 0 amide bonds. The van der Waals surface area contributed by atoms with Crippen molar-refractivity contribution in [2.75, 3.05) is 11.4 Å². The van der Waals surface area contributed by atoms with Crippen molar-refractivity contribution in [1.29, 1.82) is 0 Å². The largest absolute Gasteiger partial charge is 0.455 e. The van der Waals surface area contributed by atoms with Crippen molar-refractivity contribution in [2.45, 2.75) is 0 Å². The van der Waals surface area contributed by atoms with Gasteiger partial charge in [0.05, 0.1) is 0 Å². The average molecular weight is 693 g/mol. The molecule has 3 nitrogen and oxygen atoms in total. The van der Waals surface area contributed by atoms with E-state index in [4.69, 9.17) is 4.42 Å². The number of benzene rings is 8. The Labute approximate surface area is 314 Å². The molecule has 10 rings (SSSR count). The average Bonchev–Trinajstić information content (AvgIpc) is 3.66. The fourth-order valence-electron chi connectivity index (χ4n) is 7.86. The van der Waals surface area contributed by atoms with Gasteiger partial charge in [-0.3, -0.25) is 0 Å². The molecule has 0 radical (unpaired) electrons. The molecule has 0 bridgehead atoms. The Morgan fingerprint density at radius 1 is 0.463 bits per heavy atom. The van der Waals surface area contributed by atoms with Crippen LogP contribution in [0, 0.1) is 0 Å². The SMILES string of the molecule is C1=CCNC(c2cccc3oc4c(-c5ccc(N(c6ccc(-c7ccccc7)cc6)c6ccc(-c7ccccc7)cc6)cc5)cc5ccccc5c4c23)=C1. The van der Waals surface area contributed by atoms with Crippen LogP contribution < -0.4 is 10.2 Å². The van der Waals surface area contributed by atoms with Gasteiger partial charge in [-0.05, 0) is 93.2 Å². The van der Waals surface area contributed by atoms with Crippen LogP contribution >= 0.6 is 0 Å². The summed E-state index contributed by atoms with van der Waals surface area (Å²) >= 11 is 0. The second kappa shape index (κ2) is 13.5. The minimum absolute atomic E-state index is 0.807. The monoisotopic (exact) mass is 692 g/mol. The molecule has 0 unspecified atom stereocenters. The van der Waals surface area contributed by atoms with Crippen LogP contribution in [-0.2, 0) is 0 Å². The van der Waals surface area contributed by atoms with Crippen LogP contribution in [-0.4, -0.2) is 6.54 Å². The van der Waals surface area contributed by atoms with E-state index < -0.39 is 0 Å². The van der Waals surface area contributed by atoms with E-state index >= 15 is 0 Å². The van der Waals surface area contributed by atoms with E-state index in [2.05, 4.69) is 210 Å². The third kappa shape index (κ3) is 5.64. The minimum atomic E-state index is 0.807. The maximum Gasteiger partial charge on any atom is 0.143 e. The Bertz CT molecular complexity index is 2750. The summed E-state index contributed by atoms with van der Waals surface area (Å²) in [6.45, 7) is 0.807. The molecular weight excluding hydrogens is 657 g/mol. The Hall–Kier alpha value is -7.10. The number of fused-ring (bicyclic) bond motifs is 5. The van der Waals surface area contributed by atoms with Crippen LogP contribution in [0.25, 0.3) is 71.8 Å². The lowest BCUT2D eigenvalue weighted by Crippen LogP contribution is -2.14. The molecule has 8 aromatic carbocycles. The van der Waals surface area contributed by atoms with E-state index in [1.807, 2.05) is 0 Å². The van der Waals surface area contributed by atoms with Gasteiger partial charge in [0, 0.05) is 51.2 Å². The van der Waals surface area contributed by atoms with Crippen molar-refractivity contribution in [3.05, 3.63) is 206 Å². The maximum absolute atomic E-state index is 6.81. The Balaban J connectivity index is 1.10. The number of allylic oxidation sites excluding steroid dienone is 2. The molecule has 0 fully saturated rings. The Morgan fingerprint density at radius 3 is 1.61 bits per heavy atom. The first-order valence-electron chi connectivity index (χ1n) is 18.5. The number of hydrogen-bond acceptors (Lipinski definition) is 3. The van der Waals surface area contributed by atoms with Gasteiger partial charge in [0.1, 0.15) is 11.2 Å². The van der Waals surface area contributed by atoms with Crippen molar-refractivity contribution in [3.8, 4) is 33.4 Å². The molecule has 0 saturated carbocycles. The summed E-state index contributed by atoms with van der Waals surface area (Å²) in [6, 6.07) is 65.0. The van der Waals surface area contributed by atoms with Crippen LogP contribution in [0.1, 0.15) is 5.56 Å². The van der Waals surface area contributed by atoms with Crippen molar-refractivity contribution in [2.24, 2.45) is 0 Å². The van der Waals surface area contributed by atoms with E-state index in [0.29, 0.717) is 0 Å². The van der Waals surface area contributed by atoms with Gasteiger partial charge < -0.3 is 14.6 Å². The van der Waals surface area contributed by atoms with Crippen molar-refractivity contribution >= 4 is 55.5 Å². The molecule has 1 aliphatic rings. The van der Waals surface area contributed by atoms with Crippen molar-refractivity contribution in [3.63, 3.8) is 0 Å². The first-order chi connectivity index (χ1) is 26.8. The van der Waals surface area contributed by atoms with Crippen LogP contribution in [0.5, 0.6) is 0 Å². The van der Waals surface area contributed by atoms with Crippen molar-refractivity contribution < 1.29 is 4.42 Å². The van der Waals surface area contributed by atoms with E-state index in [9.17, 15) is 0 Å². The van der Waals surface area contributed by atoms with Crippen LogP contribution in [0.2, 0.25) is 0 Å². The molecule has 0 spiro atoms. The van der Waals surface area contributed by atoms with Gasteiger partial charge in [0.2, 0.25) is 0 Å². The van der Waals surface area contributed by atoms with Crippen molar-refractivity contribution in [1.82, 2.24) is 5.32 Å². The fourth-order valence-corrected chi connectivity index (χ4v) is 7.86. The highest BCUT2D eigenvalue weighted by molar-refractivity contribution is 6.24. The fraction of sp³-hybridized carbons (Fsp3) is 0.0196. The van der Waals surface area contributed by atoms with Gasteiger partial charge in [0.15, 0.2) is 0 Å². The summed E-state index contributed by atoms with van der Waals surface area (Å²) in [6.07, 6.45) is 6.41. The highest BCUT2D eigenvalue weighted by atomic mass is 16.3. The normalized spacial score (nSPS) is 12.6. The molecule has 3 heteroatoms. The van der Waals surface area contributed by atoms with Gasteiger partial charge in [-0.25, -0.2) is 0 Å². The summed E-state index contributed by atoms with van der Waals surface area (Å²) in [5.74, 6) is 0. The number of nitrogens with zero attached hydrogens (tertiary/aromatic N) is 1. The first-order valence-corrected chi connectivity index (χ1v) is 18.5. The van der Waals surface area contributed by atoms with Crippen LogP contribution in [0.15, 0.2) is 205 Å². The standard InChI is InChI=1S/C51H36N2O/c1-3-12-35(13-4-1)37-21-27-41(28-22-37)53(42-29-23-38(24-30-42)36-14-5-2-6-15-36)43-31-25-39(26-32-43)46-34-40-16-7-8-17-44(40)50-49-45(47-19-9-10-33-52-47)18-11-20-48(49)54-51(46)50/h1-32,34,52H,33H2. The first kappa shape index (κ1) is 31.6. The summed E-state index contributed by atoms with van der Waals surface area (Å²) in [7, 11) is 0. The smallest absolute Gasteiger partial charge is 0.143 e. The van der Waals surface area contributed by atoms with E-state index in [1.54, 1.807) is 0 Å². The van der Waals surface area contributed by atoms with Gasteiger partial charge in [-0.2, -0.15) is 0 Å². The zero-order chi connectivity index (χ0) is 35.8. The molecule has 0 aliphatic carbocycles. The van der Waals surface area contributed by atoms with E-state index in [0.717, 1.165) is 67.9 Å². The van der Waals surface area contributed by atoms with Gasteiger partial charge >= 0.3 is 0 Å².